The van der Waals surface area contributed by atoms with Crippen LogP contribution in [0.1, 0.15) is 22.3 Å². The van der Waals surface area contributed by atoms with E-state index in [9.17, 15) is 5.11 Å². The summed E-state index contributed by atoms with van der Waals surface area (Å²) >= 11 is 1.50. The van der Waals surface area contributed by atoms with Gasteiger partial charge in [-0.05, 0) is 31.7 Å². The van der Waals surface area contributed by atoms with E-state index in [0.29, 0.717) is 5.82 Å². The van der Waals surface area contributed by atoms with Crippen LogP contribution in [0.4, 0.5) is 0 Å². The van der Waals surface area contributed by atoms with Crippen molar-refractivity contribution in [3.05, 3.63) is 40.5 Å². The van der Waals surface area contributed by atoms with E-state index in [0.717, 1.165) is 47.3 Å². The van der Waals surface area contributed by atoms with Crippen LogP contribution in [0.5, 0.6) is 11.6 Å². The van der Waals surface area contributed by atoms with Crippen molar-refractivity contribution < 1.29 is 9.84 Å². The third-order valence-electron chi connectivity index (χ3n) is 4.89. The van der Waals surface area contributed by atoms with Crippen molar-refractivity contribution in [3.8, 4) is 11.6 Å². The molecule has 1 atom stereocenters. The summed E-state index contributed by atoms with van der Waals surface area (Å²) in [5.41, 5.74) is 1.13. The van der Waals surface area contributed by atoms with Gasteiger partial charge in [-0.2, -0.15) is 4.52 Å². The molecule has 2 aromatic heterocycles. The number of benzene rings is 1. The maximum atomic E-state index is 10.8. The Kier molecular flexibility index (Phi) is 4.56. The highest BCUT2D eigenvalue weighted by Crippen LogP contribution is 2.40. The van der Waals surface area contributed by atoms with Crippen LogP contribution in [0.25, 0.3) is 4.96 Å². The number of methoxy groups -OCH3 is 1. The SMILES string of the molecule is COc1ccc(C(c2sc3nc(C)nn3c2O)N2CCN(C)CC2)cc1. The molecule has 1 saturated heterocycles. The lowest BCUT2D eigenvalue weighted by Gasteiger charge is -2.37. The summed E-state index contributed by atoms with van der Waals surface area (Å²) in [6.45, 7) is 5.74. The average molecular weight is 373 g/mol. The third kappa shape index (κ3) is 3.04. The van der Waals surface area contributed by atoms with Crippen molar-refractivity contribution in [1.29, 1.82) is 0 Å². The monoisotopic (exact) mass is 373 g/mol. The quantitative estimate of drug-likeness (QED) is 0.756. The maximum absolute atomic E-state index is 10.8. The lowest BCUT2D eigenvalue weighted by molar-refractivity contribution is 0.127. The topological polar surface area (TPSA) is 66.1 Å². The molecule has 0 saturated carbocycles. The first kappa shape index (κ1) is 17.3. The van der Waals surface area contributed by atoms with E-state index in [4.69, 9.17) is 4.74 Å². The highest BCUT2D eigenvalue weighted by Gasteiger charge is 2.31. The Morgan fingerprint density at radius 3 is 2.46 bits per heavy atom. The standard InChI is InChI=1S/C18H23N5O2S/c1-12-19-18-23(20-12)17(24)16(26-18)15(22-10-8-21(2)9-11-22)13-4-6-14(25-3)7-5-13/h4-7,15,24H,8-11H2,1-3H3. The summed E-state index contributed by atoms with van der Waals surface area (Å²) < 4.78 is 6.84. The van der Waals surface area contributed by atoms with E-state index < -0.39 is 0 Å². The second-order valence-electron chi connectivity index (χ2n) is 6.66. The largest absolute Gasteiger partial charge is 0.497 e. The molecule has 1 aromatic carbocycles. The number of aromatic nitrogens is 3. The van der Waals surface area contributed by atoms with E-state index >= 15 is 0 Å². The Labute approximate surface area is 156 Å². The van der Waals surface area contributed by atoms with Crippen LogP contribution in [-0.4, -0.2) is 69.8 Å². The van der Waals surface area contributed by atoms with Crippen molar-refractivity contribution >= 4 is 16.3 Å². The zero-order valence-electron chi connectivity index (χ0n) is 15.2. The molecule has 138 valence electrons. The fourth-order valence-corrected chi connectivity index (χ4v) is 4.58. The molecule has 0 spiro atoms. The Balaban J connectivity index is 1.77. The van der Waals surface area contributed by atoms with Crippen LogP contribution < -0.4 is 4.74 Å². The predicted molar refractivity (Wildman–Crippen MR) is 101 cm³/mol. The van der Waals surface area contributed by atoms with Crippen molar-refractivity contribution in [2.24, 2.45) is 0 Å². The predicted octanol–water partition coefficient (Wildman–Crippen LogP) is 2.15. The minimum absolute atomic E-state index is 0.0246. The molecule has 3 heterocycles. The van der Waals surface area contributed by atoms with Gasteiger partial charge < -0.3 is 14.7 Å². The van der Waals surface area contributed by atoms with E-state index in [2.05, 4.69) is 39.1 Å². The van der Waals surface area contributed by atoms with Gasteiger partial charge in [-0.25, -0.2) is 4.98 Å². The van der Waals surface area contributed by atoms with Gasteiger partial charge in [0.05, 0.1) is 18.0 Å². The zero-order chi connectivity index (χ0) is 18.3. The number of ether oxygens (including phenoxy) is 1. The molecular formula is C18H23N5O2S. The Morgan fingerprint density at radius 2 is 1.85 bits per heavy atom. The molecule has 1 fully saturated rings. The lowest BCUT2D eigenvalue weighted by atomic mass is 10.0. The molecule has 26 heavy (non-hydrogen) atoms. The molecule has 1 N–H and O–H groups in total. The number of aryl methyl sites for hydroxylation is 1. The summed E-state index contributed by atoms with van der Waals surface area (Å²) in [4.78, 5) is 10.8. The van der Waals surface area contributed by atoms with Crippen LogP contribution in [0, 0.1) is 6.92 Å². The van der Waals surface area contributed by atoms with Crippen molar-refractivity contribution in [2.45, 2.75) is 13.0 Å². The summed E-state index contributed by atoms with van der Waals surface area (Å²) in [5.74, 6) is 1.68. The minimum atomic E-state index is -0.0246. The average Bonchev–Trinajstić information content (AvgIpc) is 3.15. The summed E-state index contributed by atoms with van der Waals surface area (Å²) in [7, 11) is 3.81. The van der Waals surface area contributed by atoms with E-state index in [-0.39, 0.29) is 11.9 Å². The molecule has 3 aromatic rings. The number of nitrogens with zero attached hydrogens (tertiary/aromatic N) is 5. The number of rotatable bonds is 4. The van der Waals surface area contributed by atoms with Crippen LogP contribution in [0.2, 0.25) is 0 Å². The van der Waals surface area contributed by atoms with Crippen molar-refractivity contribution in [2.75, 3.05) is 40.3 Å². The molecule has 0 aliphatic carbocycles. The van der Waals surface area contributed by atoms with Gasteiger partial charge >= 0.3 is 0 Å². The van der Waals surface area contributed by atoms with Gasteiger partial charge in [-0.1, -0.05) is 23.5 Å². The number of aromatic hydroxyl groups is 1. The third-order valence-corrected chi connectivity index (χ3v) is 5.96. The van der Waals surface area contributed by atoms with Gasteiger partial charge in [0, 0.05) is 26.2 Å². The highest BCUT2D eigenvalue weighted by molar-refractivity contribution is 7.17. The number of hydrogen-bond donors (Lipinski definition) is 1. The summed E-state index contributed by atoms with van der Waals surface area (Å²) in [6.07, 6.45) is 0. The second-order valence-corrected chi connectivity index (χ2v) is 7.67. The van der Waals surface area contributed by atoms with Crippen LogP contribution in [-0.2, 0) is 0 Å². The summed E-state index contributed by atoms with van der Waals surface area (Å²) in [6, 6.07) is 8.06. The van der Waals surface area contributed by atoms with Gasteiger partial charge in [-0.15, -0.1) is 5.10 Å². The van der Waals surface area contributed by atoms with Gasteiger partial charge in [0.1, 0.15) is 11.6 Å². The first-order valence-electron chi connectivity index (χ1n) is 8.68. The highest BCUT2D eigenvalue weighted by atomic mass is 32.1. The molecule has 7 nitrogen and oxygen atoms in total. The molecule has 0 radical (unpaired) electrons. The van der Waals surface area contributed by atoms with Gasteiger partial charge in [-0.3, -0.25) is 4.90 Å². The lowest BCUT2D eigenvalue weighted by Crippen LogP contribution is -2.46. The smallest absolute Gasteiger partial charge is 0.230 e. The van der Waals surface area contributed by atoms with Crippen LogP contribution >= 0.6 is 11.3 Å². The molecule has 0 bridgehead atoms. The van der Waals surface area contributed by atoms with Gasteiger partial charge in [0.25, 0.3) is 0 Å². The molecule has 8 heteroatoms. The fourth-order valence-electron chi connectivity index (χ4n) is 3.42. The molecule has 0 amide bonds. The van der Waals surface area contributed by atoms with Gasteiger partial charge in [0.15, 0.2) is 0 Å². The van der Waals surface area contributed by atoms with E-state index in [1.165, 1.54) is 11.3 Å². The number of piperazine rings is 1. The number of fused-ring (bicyclic) bond motifs is 1. The van der Waals surface area contributed by atoms with Gasteiger partial charge in [0.2, 0.25) is 10.8 Å². The van der Waals surface area contributed by atoms with Crippen molar-refractivity contribution in [1.82, 2.24) is 24.4 Å². The Bertz CT molecular complexity index is 896. The zero-order valence-corrected chi connectivity index (χ0v) is 16.0. The Morgan fingerprint density at radius 1 is 1.15 bits per heavy atom. The second kappa shape index (κ2) is 6.86. The molecule has 1 aliphatic heterocycles. The normalized spacial score (nSPS) is 17.7. The number of hydrogen-bond acceptors (Lipinski definition) is 7. The van der Waals surface area contributed by atoms with E-state index in [1.807, 2.05) is 19.1 Å². The minimum Gasteiger partial charge on any atom is -0.497 e. The van der Waals surface area contributed by atoms with E-state index in [1.54, 1.807) is 11.6 Å². The molecule has 1 aliphatic rings. The fraction of sp³-hybridized carbons (Fsp3) is 0.444. The summed E-state index contributed by atoms with van der Waals surface area (Å²) in [5, 5.41) is 15.1. The molecule has 4 rings (SSSR count). The van der Waals surface area contributed by atoms with Crippen LogP contribution in [0.3, 0.4) is 0 Å². The number of thiazole rings is 1. The molecular weight excluding hydrogens is 350 g/mol. The first-order chi connectivity index (χ1) is 12.6. The molecule has 1 unspecified atom stereocenters. The van der Waals surface area contributed by atoms with Crippen LogP contribution in [0.15, 0.2) is 24.3 Å². The Hall–Kier alpha value is -2.16. The maximum Gasteiger partial charge on any atom is 0.230 e. The number of likely N-dealkylation sites (N-methyl/N-ethyl adjacent to an activating group) is 1. The van der Waals surface area contributed by atoms with Crippen molar-refractivity contribution in [3.63, 3.8) is 0 Å². The first-order valence-corrected chi connectivity index (χ1v) is 9.50.